The third kappa shape index (κ3) is 4.43. The van der Waals surface area contributed by atoms with Crippen LogP contribution in [0, 0.1) is 5.82 Å². The summed E-state index contributed by atoms with van der Waals surface area (Å²) in [4.78, 5) is 26.2. The summed E-state index contributed by atoms with van der Waals surface area (Å²) < 4.78 is 51.4. The molecule has 1 heterocycles. The molecule has 2 aromatic carbocycles. The van der Waals surface area contributed by atoms with E-state index in [0.29, 0.717) is 5.56 Å². The number of nitrogens with zero attached hydrogens (tertiary/aromatic N) is 1. The van der Waals surface area contributed by atoms with Gasteiger partial charge in [0.1, 0.15) is 5.82 Å². The second-order valence-electron chi connectivity index (χ2n) is 6.81. The Kier molecular flexibility index (Phi) is 5.69. The first-order valence-corrected chi connectivity index (χ1v) is 9.08. The van der Waals surface area contributed by atoms with Gasteiger partial charge in [0.2, 0.25) is 5.60 Å². The molecule has 1 saturated heterocycles. The summed E-state index contributed by atoms with van der Waals surface area (Å²) in [5.41, 5.74) is -2.53. The first kappa shape index (κ1) is 21.3. The molecule has 0 unspecified atom stereocenters. The Morgan fingerprint density at radius 1 is 1.17 bits per heavy atom. The number of rotatable bonds is 5. The first-order valence-electron chi connectivity index (χ1n) is 8.70. The van der Waals surface area contributed by atoms with Crippen molar-refractivity contribution in [2.75, 3.05) is 11.4 Å². The van der Waals surface area contributed by atoms with Gasteiger partial charge >= 0.3 is 6.18 Å². The fourth-order valence-corrected chi connectivity index (χ4v) is 3.51. The topological polar surface area (TPSA) is 57.6 Å². The smallest absolute Gasteiger partial charge is 0.373 e. The summed E-state index contributed by atoms with van der Waals surface area (Å²) in [7, 11) is 0. The minimum atomic E-state index is -4.51. The highest BCUT2D eigenvalue weighted by atomic mass is 35.5. The molecule has 9 heteroatoms. The highest BCUT2D eigenvalue weighted by molar-refractivity contribution is 6.30. The van der Waals surface area contributed by atoms with Crippen LogP contribution in [0.1, 0.15) is 24.0 Å². The van der Waals surface area contributed by atoms with E-state index in [-0.39, 0.29) is 36.5 Å². The summed E-state index contributed by atoms with van der Waals surface area (Å²) in [6.45, 7) is -0.0156. The van der Waals surface area contributed by atoms with E-state index in [9.17, 15) is 32.3 Å². The SMILES string of the molecule is O=C(CCc1cc(F)cc(Cl)c1)[C@@]1(O)CCN(c2ccc(C(F)(F)F)cc2)C1=O. The van der Waals surface area contributed by atoms with Gasteiger partial charge in [0, 0.05) is 30.1 Å². The number of anilines is 1. The maximum Gasteiger partial charge on any atom is 0.416 e. The Hall–Kier alpha value is -2.45. The molecule has 1 amide bonds. The number of amides is 1. The van der Waals surface area contributed by atoms with Crippen LogP contribution < -0.4 is 4.90 Å². The number of hydrogen-bond acceptors (Lipinski definition) is 3. The lowest BCUT2D eigenvalue weighted by Crippen LogP contribution is -2.47. The number of ketones is 1. The maximum absolute atomic E-state index is 13.4. The zero-order valence-corrected chi connectivity index (χ0v) is 15.7. The van der Waals surface area contributed by atoms with E-state index in [2.05, 4.69) is 0 Å². The number of aliphatic hydroxyl groups is 1. The van der Waals surface area contributed by atoms with Crippen molar-refractivity contribution in [1.82, 2.24) is 0 Å². The number of carbonyl (C=O) groups excluding carboxylic acids is 2. The van der Waals surface area contributed by atoms with Gasteiger partial charge in [-0.3, -0.25) is 9.59 Å². The van der Waals surface area contributed by atoms with E-state index in [1.807, 2.05) is 0 Å². The number of halogens is 5. The lowest BCUT2D eigenvalue weighted by molar-refractivity contribution is -0.147. The molecule has 154 valence electrons. The van der Waals surface area contributed by atoms with Gasteiger partial charge in [-0.25, -0.2) is 4.39 Å². The van der Waals surface area contributed by atoms with Crippen molar-refractivity contribution in [3.05, 3.63) is 64.4 Å². The number of hydrogen-bond donors (Lipinski definition) is 1. The molecule has 1 aliphatic rings. The monoisotopic (exact) mass is 429 g/mol. The molecule has 0 radical (unpaired) electrons. The molecule has 0 aromatic heterocycles. The molecular weight excluding hydrogens is 414 g/mol. The van der Waals surface area contributed by atoms with Gasteiger partial charge in [-0.2, -0.15) is 13.2 Å². The van der Waals surface area contributed by atoms with Gasteiger partial charge in [0.25, 0.3) is 5.91 Å². The van der Waals surface area contributed by atoms with E-state index >= 15 is 0 Å². The number of carbonyl (C=O) groups is 2. The molecule has 1 N–H and O–H groups in total. The van der Waals surface area contributed by atoms with Crippen LogP contribution in [0.25, 0.3) is 0 Å². The van der Waals surface area contributed by atoms with Crippen molar-refractivity contribution in [2.45, 2.75) is 31.0 Å². The Morgan fingerprint density at radius 3 is 2.41 bits per heavy atom. The largest absolute Gasteiger partial charge is 0.416 e. The molecule has 0 spiro atoms. The van der Waals surface area contributed by atoms with Gasteiger partial charge in [-0.1, -0.05) is 11.6 Å². The predicted molar refractivity (Wildman–Crippen MR) is 98.1 cm³/mol. The summed E-state index contributed by atoms with van der Waals surface area (Å²) in [5, 5.41) is 10.8. The van der Waals surface area contributed by atoms with Crippen molar-refractivity contribution in [3.8, 4) is 0 Å². The van der Waals surface area contributed by atoms with Crippen LogP contribution in [-0.2, 0) is 22.2 Å². The van der Waals surface area contributed by atoms with E-state index in [1.54, 1.807) is 0 Å². The van der Waals surface area contributed by atoms with Crippen LogP contribution in [-0.4, -0.2) is 28.9 Å². The number of Topliss-reactive ketones (excluding diaryl/α,β-unsaturated/α-hetero) is 1. The lowest BCUT2D eigenvalue weighted by Gasteiger charge is -2.21. The molecule has 1 fully saturated rings. The molecule has 3 rings (SSSR count). The van der Waals surface area contributed by atoms with E-state index in [1.165, 1.54) is 12.1 Å². The molecule has 0 bridgehead atoms. The fraction of sp³-hybridized carbons (Fsp3) is 0.300. The zero-order chi connectivity index (χ0) is 21.4. The summed E-state index contributed by atoms with van der Waals surface area (Å²) in [6, 6.07) is 7.69. The standard InChI is InChI=1S/C20H16ClF4NO3/c21-14-9-12(10-15(22)11-14)1-6-17(27)19(29)7-8-26(18(19)28)16-4-2-13(3-5-16)20(23,24)25/h2-5,9-11,29H,1,6-8H2/t19-/m0/s1. The third-order valence-electron chi connectivity index (χ3n) is 4.83. The van der Waals surface area contributed by atoms with E-state index in [0.717, 1.165) is 35.2 Å². The average Bonchev–Trinajstić information content (AvgIpc) is 2.94. The van der Waals surface area contributed by atoms with E-state index in [4.69, 9.17) is 11.6 Å². The molecule has 2 aromatic rings. The van der Waals surface area contributed by atoms with Crippen molar-refractivity contribution in [3.63, 3.8) is 0 Å². The predicted octanol–water partition coefficient (Wildman–Crippen LogP) is 4.17. The summed E-state index contributed by atoms with van der Waals surface area (Å²) in [6.07, 6.45) is -4.84. The number of aryl methyl sites for hydroxylation is 1. The van der Waals surface area contributed by atoms with Crippen molar-refractivity contribution < 1.29 is 32.3 Å². The molecule has 29 heavy (non-hydrogen) atoms. The van der Waals surface area contributed by atoms with Gasteiger partial charge in [-0.15, -0.1) is 0 Å². The van der Waals surface area contributed by atoms with Crippen molar-refractivity contribution in [2.24, 2.45) is 0 Å². The minimum absolute atomic E-state index is 0.0156. The highest BCUT2D eigenvalue weighted by Gasteiger charge is 2.50. The second-order valence-corrected chi connectivity index (χ2v) is 7.25. The third-order valence-corrected chi connectivity index (χ3v) is 5.05. The van der Waals surface area contributed by atoms with Crippen molar-refractivity contribution in [1.29, 1.82) is 0 Å². The van der Waals surface area contributed by atoms with Gasteiger partial charge in [0.15, 0.2) is 5.78 Å². The quantitative estimate of drug-likeness (QED) is 0.573. The van der Waals surface area contributed by atoms with Crippen LogP contribution in [0.3, 0.4) is 0 Å². The van der Waals surface area contributed by atoms with Crippen LogP contribution in [0.4, 0.5) is 23.2 Å². The van der Waals surface area contributed by atoms with E-state index < -0.39 is 34.8 Å². The molecule has 0 saturated carbocycles. The first-order chi connectivity index (χ1) is 13.5. The summed E-state index contributed by atoms with van der Waals surface area (Å²) in [5.74, 6) is -2.19. The lowest BCUT2D eigenvalue weighted by atomic mass is 9.92. The van der Waals surface area contributed by atoms with Crippen molar-refractivity contribution >= 4 is 29.0 Å². The molecule has 0 aliphatic carbocycles. The van der Waals surface area contributed by atoms with Gasteiger partial charge in [-0.05, 0) is 54.4 Å². The van der Waals surface area contributed by atoms with Gasteiger partial charge < -0.3 is 10.0 Å². The van der Waals surface area contributed by atoms with Crippen LogP contribution in [0.15, 0.2) is 42.5 Å². The van der Waals surface area contributed by atoms with Gasteiger partial charge in [0.05, 0.1) is 5.56 Å². The molecule has 1 aliphatic heterocycles. The molecular formula is C20H16ClF4NO3. The zero-order valence-electron chi connectivity index (χ0n) is 15.0. The average molecular weight is 430 g/mol. The minimum Gasteiger partial charge on any atom is -0.373 e. The van der Waals surface area contributed by atoms with Crippen LogP contribution >= 0.6 is 11.6 Å². The second kappa shape index (κ2) is 7.76. The Morgan fingerprint density at radius 2 is 1.83 bits per heavy atom. The van der Waals surface area contributed by atoms with Crippen LogP contribution in [0.2, 0.25) is 5.02 Å². The normalized spacial score (nSPS) is 19.7. The van der Waals surface area contributed by atoms with Crippen LogP contribution in [0.5, 0.6) is 0 Å². The number of benzene rings is 2. The Bertz CT molecular complexity index is 925. The molecule has 1 atom stereocenters. The molecule has 4 nitrogen and oxygen atoms in total. The Balaban J connectivity index is 1.70. The maximum atomic E-state index is 13.4. The summed E-state index contributed by atoms with van der Waals surface area (Å²) >= 11 is 5.76. The Labute approximate surface area is 168 Å². The fourth-order valence-electron chi connectivity index (χ4n) is 3.26. The number of alkyl halides is 3. The highest BCUT2D eigenvalue weighted by Crippen LogP contribution is 2.34.